The van der Waals surface area contributed by atoms with Crippen LogP contribution in [0.4, 0.5) is 0 Å². The van der Waals surface area contributed by atoms with Gasteiger partial charge in [-0.2, -0.15) is 0 Å². The van der Waals surface area contributed by atoms with Crippen LogP contribution >= 0.6 is 0 Å². The summed E-state index contributed by atoms with van der Waals surface area (Å²) in [4.78, 5) is 12.7. The molecule has 2 aromatic carbocycles. The van der Waals surface area contributed by atoms with Crippen molar-refractivity contribution in [1.29, 1.82) is 0 Å². The Morgan fingerprint density at radius 1 is 1.08 bits per heavy atom. The van der Waals surface area contributed by atoms with E-state index in [1.54, 1.807) is 7.11 Å². The molecule has 0 radical (unpaired) electrons. The van der Waals surface area contributed by atoms with Gasteiger partial charge in [0.1, 0.15) is 5.75 Å². The van der Waals surface area contributed by atoms with Crippen molar-refractivity contribution in [3.8, 4) is 5.75 Å². The van der Waals surface area contributed by atoms with Crippen molar-refractivity contribution >= 4 is 5.91 Å². The van der Waals surface area contributed by atoms with Crippen LogP contribution in [0, 0.1) is 5.92 Å². The number of carbonyl (C=O) groups excluding carboxylic acids is 1. The first-order valence-corrected chi connectivity index (χ1v) is 9.11. The molecule has 0 bridgehead atoms. The fraction of sp³-hybridized carbons (Fsp3) is 0.409. The maximum absolute atomic E-state index is 12.7. The van der Waals surface area contributed by atoms with Crippen molar-refractivity contribution in [2.45, 2.75) is 38.0 Å². The second-order valence-corrected chi connectivity index (χ2v) is 7.21. The van der Waals surface area contributed by atoms with E-state index >= 15 is 0 Å². The van der Waals surface area contributed by atoms with Gasteiger partial charge in [-0.05, 0) is 49.3 Å². The molecule has 0 unspecified atom stereocenters. The van der Waals surface area contributed by atoms with E-state index in [4.69, 9.17) is 4.74 Å². The van der Waals surface area contributed by atoms with Crippen molar-refractivity contribution in [1.82, 2.24) is 5.32 Å². The summed E-state index contributed by atoms with van der Waals surface area (Å²) < 4.78 is 5.32. The molecule has 0 atom stereocenters. The highest BCUT2D eigenvalue weighted by Crippen LogP contribution is 2.41. The number of rotatable bonds is 5. The Balaban J connectivity index is 1.78. The van der Waals surface area contributed by atoms with Gasteiger partial charge in [0.15, 0.2) is 0 Å². The number of hydrogen-bond donors (Lipinski definition) is 1. The summed E-state index contributed by atoms with van der Waals surface area (Å²) >= 11 is 0. The van der Waals surface area contributed by atoms with Crippen LogP contribution in [0.3, 0.4) is 0 Å². The Bertz CT molecular complexity index is 703. The summed E-state index contributed by atoms with van der Waals surface area (Å²) in [6, 6.07) is 18.0. The minimum atomic E-state index is -0.0635. The molecule has 1 N–H and O–H groups in total. The van der Waals surface area contributed by atoms with E-state index in [0.29, 0.717) is 17.9 Å². The van der Waals surface area contributed by atoms with Gasteiger partial charge < -0.3 is 10.1 Å². The lowest BCUT2D eigenvalue weighted by Crippen LogP contribution is -2.43. The SMILES string of the molecule is COc1ccccc1C(=O)NCC1(c2ccccc2)CCC(C)CC1. The van der Waals surface area contributed by atoms with E-state index in [-0.39, 0.29) is 11.3 Å². The molecule has 25 heavy (non-hydrogen) atoms. The van der Waals surface area contributed by atoms with Crippen LogP contribution in [0.2, 0.25) is 0 Å². The molecule has 1 saturated carbocycles. The standard InChI is InChI=1S/C22H27NO2/c1-17-12-14-22(15-13-17,18-8-4-3-5-9-18)16-23-21(24)19-10-6-7-11-20(19)25-2/h3-11,17H,12-16H2,1-2H3,(H,23,24). The summed E-state index contributed by atoms with van der Waals surface area (Å²) in [5.41, 5.74) is 1.96. The van der Waals surface area contributed by atoms with Gasteiger partial charge in [-0.1, -0.05) is 49.4 Å². The monoisotopic (exact) mass is 337 g/mol. The maximum Gasteiger partial charge on any atom is 0.255 e. The Kier molecular flexibility index (Phi) is 5.42. The van der Waals surface area contributed by atoms with Crippen molar-refractivity contribution < 1.29 is 9.53 Å². The van der Waals surface area contributed by atoms with Crippen molar-refractivity contribution in [3.05, 3.63) is 65.7 Å². The third-order valence-electron chi connectivity index (χ3n) is 5.56. The molecule has 1 aliphatic rings. The van der Waals surface area contributed by atoms with Crippen molar-refractivity contribution in [2.24, 2.45) is 5.92 Å². The predicted molar refractivity (Wildman–Crippen MR) is 101 cm³/mol. The number of carbonyl (C=O) groups is 1. The average molecular weight is 337 g/mol. The van der Waals surface area contributed by atoms with Gasteiger partial charge in [-0.3, -0.25) is 4.79 Å². The lowest BCUT2D eigenvalue weighted by atomic mass is 9.67. The number of methoxy groups -OCH3 is 1. The Morgan fingerprint density at radius 2 is 1.72 bits per heavy atom. The van der Waals surface area contributed by atoms with Gasteiger partial charge >= 0.3 is 0 Å². The van der Waals surface area contributed by atoms with Crippen molar-refractivity contribution in [2.75, 3.05) is 13.7 Å². The summed E-state index contributed by atoms with van der Waals surface area (Å²) in [5, 5.41) is 3.18. The predicted octanol–water partition coefficient (Wildman–Crippen LogP) is 4.57. The molecule has 3 rings (SSSR count). The lowest BCUT2D eigenvalue weighted by Gasteiger charge is -2.40. The van der Waals surface area contributed by atoms with Crippen molar-refractivity contribution in [3.63, 3.8) is 0 Å². The highest BCUT2D eigenvalue weighted by Gasteiger charge is 2.36. The first-order chi connectivity index (χ1) is 12.1. The molecule has 0 saturated heterocycles. The summed E-state index contributed by atoms with van der Waals surface area (Å²) in [6.45, 7) is 2.99. The molecular weight excluding hydrogens is 310 g/mol. The van der Waals surface area contributed by atoms with Crippen LogP contribution in [0.1, 0.15) is 48.5 Å². The molecule has 1 fully saturated rings. The average Bonchev–Trinajstić information content (AvgIpc) is 2.68. The largest absolute Gasteiger partial charge is 0.496 e. The van der Waals surface area contributed by atoms with Crippen LogP contribution in [0.5, 0.6) is 5.75 Å². The second kappa shape index (κ2) is 7.73. The van der Waals surface area contributed by atoms with Gasteiger partial charge in [0.2, 0.25) is 0 Å². The molecular formula is C22H27NO2. The summed E-state index contributed by atoms with van der Waals surface area (Å²) in [6.07, 6.45) is 4.65. The number of hydrogen-bond acceptors (Lipinski definition) is 2. The van der Waals surface area contributed by atoms with Crippen LogP contribution in [0.25, 0.3) is 0 Å². The summed E-state index contributed by atoms with van der Waals surface area (Å²) in [7, 11) is 1.60. The van der Waals surface area contributed by atoms with E-state index in [9.17, 15) is 4.79 Å². The van der Waals surface area contributed by atoms with Gasteiger partial charge in [0.05, 0.1) is 12.7 Å². The number of ether oxygens (including phenoxy) is 1. The summed E-state index contributed by atoms with van der Waals surface area (Å²) in [5.74, 6) is 1.32. The minimum Gasteiger partial charge on any atom is -0.496 e. The molecule has 0 heterocycles. The number of para-hydroxylation sites is 1. The second-order valence-electron chi connectivity index (χ2n) is 7.21. The quantitative estimate of drug-likeness (QED) is 0.868. The molecule has 0 spiro atoms. The fourth-order valence-corrected chi connectivity index (χ4v) is 3.85. The van der Waals surface area contributed by atoms with Crippen LogP contribution in [0.15, 0.2) is 54.6 Å². The molecule has 132 valence electrons. The van der Waals surface area contributed by atoms with Gasteiger partial charge in [-0.25, -0.2) is 0 Å². The Hall–Kier alpha value is -2.29. The molecule has 1 aliphatic carbocycles. The number of nitrogens with one attached hydrogen (secondary N) is 1. The van der Waals surface area contributed by atoms with E-state index in [2.05, 4.69) is 42.6 Å². The molecule has 0 aromatic heterocycles. The van der Waals surface area contributed by atoms with Crippen LogP contribution < -0.4 is 10.1 Å². The van der Waals surface area contributed by atoms with Crippen LogP contribution in [-0.4, -0.2) is 19.6 Å². The molecule has 2 aromatic rings. The van der Waals surface area contributed by atoms with E-state index in [1.807, 2.05) is 24.3 Å². The molecule has 1 amide bonds. The van der Waals surface area contributed by atoms with Gasteiger partial charge in [0, 0.05) is 12.0 Å². The number of benzene rings is 2. The number of amides is 1. The minimum absolute atomic E-state index is 0.0332. The Labute approximate surface area is 150 Å². The smallest absolute Gasteiger partial charge is 0.255 e. The lowest BCUT2D eigenvalue weighted by molar-refractivity contribution is 0.0930. The Morgan fingerprint density at radius 3 is 2.40 bits per heavy atom. The zero-order valence-electron chi connectivity index (χ0n) is 15.1. The third-order valence-corrected chi connectivity index (χ3v) is 5.56. The zero-order chi connectivity index (χ0) is 17.7. The first-order valence-electron chi connectivity index (χ1n) is 9.11. The molecule has 3 nitrogen and oxygen atoms in total. The fourth-order valence-electron chi connectivity index (χ4n) is 3.85. The normalized spacial score (nSPS) is 23.0. The zero-order valence-corrected chi connectivity index (χ0v) is 15.1. The van der Waals surface area contributed by atoms with Crippen LogP contribution in [-0.2, 0) is 5.41 Å². The topological polar surface area (TPSA) is 38.3 Å². The maximum atomic E-state index is 12.7. The highest BCUT2D eigenvalue weighted by molar-refractivity contribution is 5.96. The third kappa shape index (κ3) is 3.87. The van der Waals surface area contributed by atoms with E-state index < -0.39 is 0 Å². The van der Waals surface area contributed by atoms with E-state index in [1.165, 1.54) is 18.4 Å². The van der Waals surface area contributed by atoms with Gasteiger partial charge in [-0.15, -0.1) is 0 Å². The highest BCUT2D eigenvalue weighted by atomic mass is 16.5. The molecule has 0 aliphatic heterocycles. The first kappa shape index (κ1) is 17.5. The van der Waals surface area contributed by atoms with E-state index in [0.717, 1.165) is 18.8 Å². The van der Waals surface area contributed by atoms with Gasteiger partial charge in [0.25, 0.3) is 5.91 Å². The molecule has 3 heteroatoms.